The fourth-order valence-corrected chi connectivity index (χ4v) is 4.54. The highest BCUT2D eigenvalue weighted by Gasteiger charge is 2.27. The zero-order chi connectivity index (χ0) is 23.4. The molecule has 176 valence electrons. The molecule has 0 aliphatic carbocycles. The normalized spacial score (nSPS) is 17.7. The van der Waals surface area contributed by atoms with Gasteiger partial charge in [-0.15, -0.1) is 0 Å². The van der Waals surface area contributed by atoms with Crippen molar-refractivity contribution in [2.75, 3.05) is 41.7 Å². The first-order valence-corrected chi connectivity index (χ1v) is 11.9. The van der Waals surface area contributed by atoms with E-state index in [0.29, 0.717) is 23.1 Å². The van der Waals surface area contributed by atoms with E-state index < -0.39 is 11.8 Å². The van der Waals surface area contributed by atoms with Crippen LogP contribution in [0.3, 0.4) is 0 Å². The van der Waals surface area contributed by atoms with Crippen LogP contribution >= 0.6 is 0 Å². The first kappa shape index (κ1) is 23.1. The van der Waals surface area contributed by atoms with Gasteiger partial charge in [-0.2, -0.15) is 0 Å². The molecule has 2 N–H and O–H groups in total. The molecule has 2 heterocycles. The lowest BCUT2D eigenvalue weighted by molar-refractivity contribution is 0.0697. The van der Waals surface area contributed by atoms with Gasteiger partial charge in [-0.05, 0) is 67.9 Å². The van der Waals surface area contributed by atoms with E-state index in [1.807, 2.05) is 17.0 Å². The molecule has 3 amide bonds. The highest BCUT2D eigenvalue weighted by molar-refractivity contribution is 6.04. The van der Waals surface area contributed by atoms with Crippen LogP contribution < -0.4 is 15.5 Å². The van der Waals surface area contributed by atoms with Crippen molar-refractivity contribution in [2.24, 2.45) is 11.8 Å². The van der Waals surface area contributed by atoms with Crippen LogP contribution in [0.25, 0.3) is 0 Å². The molecule has 2 saturated heterocycles. The summed E-state index contributed by atoms with van der Waals surface area (Å²) in [4.78, 5) is 30.2. The number of urea groups is 1. The van der Waals surface area contributed by atoms with Crippen molar-refractivity contribution in [1.82, 2.24) is 4.90 Å². The lowest BCUT2D eigenvalue weighted by atomic mass is 9.96. The maximum Gasteiger partial charge on any atom is 0.323 e. The molecular weight excluding hydrogens is 419 g/mol. The van der Waals surface area contributed by atoms with Crippen LogP contribution in [0.15, 0.2) is 42.5 Å². The van der Waals surface area contributed by atoms with E-state index in [-0.39, 0.29) is 11.6 Å². The van der Waals surface area contributed by atoms with Gasteiger partial charge in [0.05, 0.1) is 11.3 Å². The molecule has 2 aromatic rings. The number of benzene rings is 2. The largest absolute Gasteiger partial charge is 0.371 e. The molecule has 0 atom stereocenters. The van der Waals surface area contributed by atoms with Crippen LogP contribution in [0.4, 0.5) is 26.2 Å². The van der Waals surface area contributed by atoms with Gasteiger partial charge in [0, 0.05) is 37.6 Å². The van der Waals surface area contributed by atoms with Crippen molar-refractivity contribution in [2.45, 2.75) is 39.5 Å². The zero-order valence-corrected chi connectivity index (χ0v) is 19.4. The lowest BCUT2D eigenvalue weighted by Gasteiger charge is -2.35. The smallest absolute Gasteiger partial charge is 0.323 e. The molecule has 0 bridgehead atoms. The number of nitrogens with zero attached hydrogens (tertiary/aromatic N) is 2. The number of anilines is 3. The molecular formula is C26H33FN4O2. The molecule has 7 heteroatoms. The van der Waals surface area contributed by atoms with Crippen LogP contribution in [0.5, 0.6) is 0 Å². The molecule has 0 unspecified atom stereocenters. The zero-order valence-electron chi connectivity index (χ0n) is 19.4. The van der Waals surface area contributed by atoms with Gasteiger partial charge in [-0.1, -0.05) is 26.0 Å². The Labute approximate surface area is 195 Å². The molecule has 0 aromatic heterocycles. The van der Waals surface area contributed by atoms with Crippen molar-refractivity contribution in [1.29, 1.82) is 0 Å². The Morgan fingerprint density at radius 2 is 1.52 bits per heavy atom. The first-order valence-electron chi connectivity index (χ1n) is 11.9. The monoisotopic (exact) mass is 452 g/mol. The first-order chi connectivity index (χ1) is 15.9. The van der Waals surface area contributed by atoms with Gasteiger partial charge in [-0.3, -0.25) is 4.79 Å². The number of likely N-dealkylation sites (tertiary alicyclic amines) is 1. The van der Waals surface area contributed by atoms with E-state index in [1.54, 1.807) is 18.2 Å². The SMILES string of the molecule is CC1CCN(C(=O)c2cc(NC(=O)Nc3ccccc3F)ccc2N2CCC(C)CC2)CC1. The summed E-state index contributed by atoms with van der Waals surface area (Å²) >= 11 is 0. The number of carbonyl (C=O) groups excluding carboxylic acids is 2. The highest BCUT2D eigenvalue weighted by Crippen LogP contribution is 2.31. The Bertz CT molecular complexity index is 996. The summed E-state index contributed by atoms with van der Waals surface area (Å²) in [5.41, 5.74) is 2.15. The molecule has 6 nitrogen and oxygen atoms in total. The van der Waals surface area contributed by atoms with E-state index in [1.165, 1.54) is 12.1 Å². The van der Waals surface area contributed by atoms with Gasteiger partial charge in [0.25, 0.3) is 5.91 Å². The Morgan fingerprint density at radius 1 is 0.879 bits per heavy atom. The summed E-state index contributed by atoms with van der Waals surface area (Å²) in [6.45, 7) is 7.82. The van der Waals surface area contributed by atoms with Crippen LogP contribution in [0, 0.1) is 17.7 Å². The fraction of sp³-hybridized carbons (Fsp3) is 0.462. The number of amides is 3. The lowest BCUT2D eigenvalue weighted by Crippen LogP contribution is -2.40. The predicted octanol–water partition coefficient (Wildman–Crippen LogP) is 5.58. The molecule has 0 radical (unpaired) electrons. The van der Waals surface area contributed by atoms with E-state index in [9.17, 15) is 14.0 Å². The standard InChI is InChI=1S/C26H33FN4O2/c1-18-9-13-30(14-10-18)24-8-7-20(28-26(33)29-23-6-4-3-5-22(23)27)17-21(24)25(32)31-15-11-19(2)12-16-31/h3-8,17-19H,9-16H2,1-2H3,(H2,28,29,33). The van der Waals surface area contributed by atoms with Crippen molar-refractivity contribution in [3.8, 4) is 0 Å². The van der Waals surface area contributed by atoms with Gasteiger partial charge in [0.15, 0.2) is 0 Å². The van der Waals surface area contributed by atoms with Crippen molar-refractivity contribution >= 4 is 29.0 Å². The maximum atomic E-state index is 13.9. The number of hydrogen-bond acceptors (Lipinski definition) is 3. The van der Waals surface area contributed by atoms with Gasteiger partial charge in [0.2, 0.25) is 0 Å². The number of hydrogen-bond donors (Lipinski definition) is 2. The Balaban J connectivity index is 1.56. The summed E-state index contributed by atoms with van der Waals surface area (Å²) in [5.74, 6) is 0.824. The molecule has 2 aliphatic rings. The number of halogens is 1. The minimum absolute atomic E-state index is 0.00804. The van der Waals surface area contributed by atoms with Crippen LogP contribution in [-0.4, -0.2) is 43.0 Å². The highest BCUT2D eigenvalue weighted by atomic mass is 19.1. The average Bonchev–Trinajstić information content (AvgIpc) is 2.81. The number of para-hydroxylation sites is 1. The van der Waals surface area contributed by atoms with Crippen molar-refractivity contribution < 1.29 is 14.0 Å². The summed E-state index contributed by atoms with van der Waals surface area (Å²) in [7, 11) is 0. The van der Waals surface area contributed by atoms with E-state index in [2.05, 4.69) is 29.4 Å². The minimum atomic E-state index is -0.551. The van der Waals surface area contributed by atoms with E-state index in [0.717, 1.165) is 57.5 Å². The third kappa shape index (κ3) is 5.64. The van der Waals surface area contributed by atoms with Gasteiger partial charge in [0.1, 0.15) is 5.82 Å². The maximum absolute atomic E-state index is 13.9. The van der Waals surface area contributed by atoms with Gasteiger partial charge in [-0.25, -0.2) is 9.18 Å². The number of piperidine rings is 2. The fourth-order valence-electron chi connectivity index (χ4n) is 4.54. The quantitative estimate of drug-likeness (QED) is 0.637. The topological polar surface area (TPSA) is 64.7 Å². The third-order valence-corrected chi connectivity index (χ3v) is 6.80. The second-order valence-corrected chi connectivity index (χ2v) is 9.44. The second-order valence-electron chi connectivity index (χ2n) is 9.44. The van der Waals surface area contributed by atoms with Crippen LogP contribution in [0.2, 0.25) is 0 Å². The molecule has 2 aliphatic heterocycles. The van der Waals surface area contributed by atoms with Crippen molar-refractivity contribution in [3.05, 3.63) is 53.8 Å². The summed E-state index contributed by atoms with van der Waals surface area (Å²) in [6, 6.07) is 11.0. The summed E-state index contributed by atoms with van der Waals surface area (Å²) in [5, 5.41) is 5.28. The van der Waals surface area contributed by atoms with Gasteiger partial charge < -0.3 is 20.4 Å². The van der Waals surface area contributed by atoms with Crippen LogP contribution in [0.1, 0.15) is 49.9 Å². The summed E-state index contributed by atoms with van der Waals surface area (Å²) < 4.78 is 13.9. The molecule has 2 fully saturated rings. The van der Waals surface area contributed by atoms with Gasteiger partial charge >= 0.3 is 6.03 Å². The molecule has 33 heavy (non-hydrogen) atoms. The van der Waals surface area contributed by atoms with Crippen molar-refractivity contribution in [3.63, 3.8) is 0 Å². The average molecular weight is 453 g/mol. The Hall–Kier alpha value is -3.09. The Morgan fingerprint density at radius 3 is 2.18 bits per heavy atom. The minimum Gasteiger partial charge on any atom is -0.371 e. The number of rotatable bonds is 4. The van der Waals surface area contributed by atoms with E-state index in [4.69, 9.17) is 0 Å². The predicted molar refractivity (Wildman–Crippen MR) is 130 cm³/mol. The second kappa shape index (κ2) is 10.2. The number of nitrogens with one attached hydrogen (secondary N) is 2. The molecule has 0 saturated carbocycles. The molecule has 2 aromatic carbocycles. The van der Waals surface area contributed by atoms with E-state index >= 15 is 0 Å². The molecule has 0 spiro atoms. The number of carbonyl (C=O) groups is 2. The molecule has 4 rings (SSSR count). The van der Waals surface area contributed by atoms with Crippen LogP contribution in [-0.2, 0) is 0 Å². The summed E-state index contributed by atoms with van der Waals surface area (Å²) in [6.07, 6.45) is 4.20. The third-order valence-electron chi connectivity index (χ3n) is 6.80. The Kier molecular flexibility index (Phi) is 7.16.